The highest BCUT2D eigenvalue weighted by molar-refractivity contribution is 6.19. The minimum Gasteiger partial charge on any atom is -0.102 e. The molecule has 1 aromatic carbocycles. The fraction of sp³-hybridized carbons (Fsp3) is 0.231. The summed E-state index contributed by atoms with van der Waals surface area (Å²) in [6.07, 6.45) is 4.36. The van der Waals surface area contributed by atoms with Gasteiger partial charge in [0.25, 0.3) is 0 Å². The molecule has 1 rings (SSSR count). The van der Waals surface area contributed by atoms with Crippen LogP contribution in [0.15, 0.2) is 54.6 Å². The van der Waals surface area contributed by atoms with E-state index in [2.05, 4.69) is 62.9 Å². The summed E-state index contributed by atoms with van der Waals surface area (Å²) in [6.45, 7) is 8.23. The standard InChI is InChI=1S/C13H18Si/c1-4-13(14,10-11(2)3)12-8-6-5-7-9-12/h4-10H,1H2,2-3,14H3. The molecular weight excluding hydrogens is 184 g/mol. The Kier molecular flexibility index (Phi) is 3.47. The average Bonchev–Trinajstić information content (AvgIpc) is 2.18. The summed E-state index contributed by atoms with van der Waals surface area (Å²) >= 11 is 0. The molecule has 0 N–H and O–H groups in total. The minimum atomic E-state index is 0.0973. The Morgan fingerprint density at radius 1 is 1.29 bits per heavy atom. The van der Waals surface area contributed by atoms with Gasteiger partial charge < -0.3 is 0 Å². The van der Waals surface area contributed by atoms with Crippen molar-refractivity contribution in [3.05, 3.63) is 60.2 Å². The summed E-state index contributed by atoms with van der Waals surface area (Å²) in [5.74, 6) is 0. The lowest BCUT2D eigenvalue weighted by molar-refractivity contribution is 0.956. The maximum atomic E-state index is 3.95. The van der Waals surface area contributed by atoms with E-state index in [0.717, 1.165) is 10.2 Å². The largest absolute Gasteiger partial charge is 0.102 e. The lowest BCUT2D eigenvalue weighted by Crippen LogP contribution is -2.20. The first-order valence-corrected chi connectivity index (χ1v) is 5.93. The normalized spacial score (nSPS) is 14.4. The topological polar surface area (TPSA) is 0 Å². The molecule has 74 valence electrons. The molecule has 1 atom stereocenters. The zero-order chi connectivity index (χ0) is 10.6. The number of hydrogen-bond donors (Lipinski definition) is 0. The third-order valence-corrected chi connectivity index (χ3v) is 3.68. The lowest BCUT2D eigenvalue weighted by Gasteiger charge is -2.23. The molecule has 0 bridgehead atoms. The van der Waals surface area contributed by atoms with Gasteiger partial charge in [0.2, 0.25) is 0 Å². The molecule has 0 nitrogen and oxygen atoms in total. The first-order chi connectivity index (χ1) is 6.58. The van der Waals surface area contributed by atoms with Crippen LogP contribution in [-0.2, 0) is 5.04 Å². The lowest BCUT2D eigenvalue weighted by atomic mass is 9.96. The van der Waals surface area contributed by atoms with Crippen LogP contribution in [0.2, 0.25) is 0 Å². The number of rotatable bonds is 3. The van der Waals surface area contributed by atoms with Crippen LogP contribution in [-0.4, -0.2) is 10.2 Å². The number of allylic oxidation sites excluding steroid dienone is 3. The molecule has 1 aromatic rings. The van der Waals surface area contributed by atoms with Gasteiger partial charge in [-0.3, -0.25) is 0 Å². The maximum absolute atomic E-state index is 3.95. The first-order valence-electron chi connectivity index (χ1n) is 4.93. The predicted octanol–water partition coefficient (Wildman–Crippen LogP) is 2.40. The Morgan fingerprint density at radius 3 is 2.29 bits per heavy atom. The van der Waals surface area contributed by atoms with Crippen molar-refractivity contribution >= 4 is 10.2 Å². The van der Waals surface area contributed by atoms with Crippen LogP contribution >= 0.6 is 0 Å². The van der Waals surface area contributed by atoms with Crippen LogP contribution in [0.4, 0.5) is 0 Å². The van der Waals surface area contributed by atoms with E-state index in [0.29, 0.717) is 0 Å². The van der Waals surface area contributed by atoms with E-state index in [9.17, 15) is 0 Å². The van der Waals surface area contributed by atoms with Crippen LogP contribution < -0.4 is 0 Å². The highest BCUT2D eigenvalue weighted by atomic mass is 28.1. The number of hydrogen-bond acceptors (Lipinski definition) is 0. The molecule has 0 spiro atoms. The second kappa shape index (κ2) is 4.42. The van der Waals surface area contributed by atoms with Crippen molar-refractivity contribution in [2.75, 3.05) is 0 Å². The second-order valence-electron chi connectivity index (χ2n) is 4.07. The van der Waals surface area contributed by atoms with Gasteiger partial charge in [0.15, 0.2) is 0 Å². The van der Waals surface area contributed by atoms with Gasteiger partial charge in [-0.2, -0.15) is 0 Å². The molecule has 0 saturated heterocycles. The van der Waals surface area contributed by atoms with Gasteiger partial charge in [-0.15, -0.1) is 6.58 Å². The maximum Gasteiger partial charge on any atom is 0.0258 e. The summed E-state index contributed by atoms with van der Waals surface area (Å²) in [5.41, 5.74) is 2.70. The Labute approximate surface area is 89.8 Å². The molecular formula is C13H18Si. The SMILES string of the molecule is C=CC([SiH3])(C=C(C)C)c1ccccc1. The van der Waals surface area contributed by atoms with E-state index in [1.807, 2.05) is 0 Å². The van der Waals surface area contributed by atoms with Crippen LogP contribution in [0.5, 0.6) is 0 Å². The Balaban J connectivity index is 3.15. The molecule has 1 unspecified atom stereocenters. The highest BCUT2D eigenvalue weighted by Gasteiger charge is 2.18. The smallest absolute Gasteiger partial charge is 0.0258 e. The Bertz CT molecular complexity index is 334. The van der Waals surface area contributed by atoms with Crippen molar-refractivity contribution < 1.29 is 0 Å². The van der Waals surface area contributed by atoms with E-state index in [1.165, 1.54) is 11.1 Å². The molecule has 0 fully saturated rings. The summed E-state index contributed by atoms with van der Waals surface area (Å²) in [5, 5.41) is 0.0973. The third-order valence-electron chi connectivity index (χ3n) is 2.41. The van der Waals surface area contributed by atoms with Crippen molar-refractivity contribution in [2.45, 2.75) is 18.9 Å². The zero-order valence-electron chi connectivity index (χ0n) is 9.25. The molecule has 0 aromatic heterocycles. The van der Waals surface area contributed by atoms with E-state index in [4.69, 9.17) is 0 Å². The molecule has 0 saturated carbocycles. The third kappa shape index (κ3) is 2.45. The van der Waals surface area contributed by atoms with Crippen molar-refractivity contribution in [1.82, 2.24) is 0 Å². The summed E-state index contributed by atoms with van der Waals surface area (Å²) in [7, 11) is 1.06. The number of benzene rings is 1. The van der Waals surface area contributed by atoms with Crippen molar-refractivity contribution in [3.8, 4) is 0 Å². The van der Waals surface area contributed by atoms with Gasteiger partial charge in [0.05, 0.1) is 0 Å². The Hall–Kier alpha value is -1.08. The highest BCUT2D eigenvalue weighted by Crippen LogP contribution is 2.24. The van der Waals surface area contributed by atoms with Crippen LogP contribution in [0.1, 0.15) is 19.4 Å². The van der Waals surface area contributed by atoms with Gasteiger partial charge in [-0.25, -0.2) is 0 Å². The molecule has 0 radical (unpaired) electrons. The van der Waals surface area contributed by atoms with Crippen LogP contribution in [0, 0.1) is 0 Å². The van der Waals surface area contributed by atoms with Crippen molar-refractivity contribution in [1.29, 1.82) is 0 Å². The van der Waals surface area contributed by atoms with Gasteiger partial charge in [0.1, 0.15) is 0 Å². The fourth-order valence-corrected chi connectivity index (χ4v) is 2.57. The fourth-order valence-electron chi connectivity index (χ4n) is 1.66. The van der Waals surface area contributed by atoms with E-state index < -0.39 is 0 Å². The van der Waals surface area contributed by atoms with Gasteiger partial charge in [-0.05, 0) is 19.4 Å². The summed E-state index contributed by atoms with van der Waals surface area (Å²) in [6, 6.07) is 10.6. The van der Waals surface area contributed by atoms with Gasteiger partial charge >= 0.3 is 0 Å². The second-order valence-corrected chi connectivity index (χ2v) is 5.73. The first kappa shape index (κ1) is 11.0. The Morgan fingerprint density at radius 2 is 1.86 bits per heavy atom. The molecule has 0 aliphatic rings. The van der Waals surface area contributed by atoms with E-state index in [1.54, 1.807) is 0 Å². The van der Waals surface area contributed by atoms with E-state index in [-0.39, 0.29) is 5.04 Å². The molecule has 0 heterocycles. The molecule has 0 aliphatic heterocycles. The zero-order valence-corrected chi connectivity index (χ0v) is 11.2. The monoisotopic (exact) mass is 202 g/mol. The van der Waals surface area contributed by atoms with Gasteiger partial charge in [-0.1, -0.05) is 48.1 Å². The quantitative estimate of drug-likeness (QED) is 0.521. The molecule has 0 amide bonds. The van der Waals surface area contributed by atoms with Crippen molar-refractivity contribution in [3.63, 3.8) is 0 Å². The molecule has 14 heavy (non-hydrogen) atoms. The van der Waals surface area contributed by atoms with Crippen molar-refractivity contribution in [2.24, 2.45) is 0 Å². The summed E-state index contributed by atoms with van der Waals surface area (Å²) < 4.78 is 0. The van der Waals surface area contributed by atoms with E-state index >= 15 is 0 Å². The molecule has 1 heteroatoms. The summed E-state index contributed by atoms with van der Waals surface area (Å²) in [4.78, 5) is 0. The average molecular weight is 202 g/mol. The predicted molar refractivity (Wildman–Crippen MR) is 67.7 cm³/mol. The van der Waals surface area contributed by atoms with Gasteiger partial charge in [0, 0.05) is 15.3 Å². The molecule has 0 aliphatic carbocycles. The van der Waals surface area contributed by atoms with Crippen LogP contribution in [0.3, 0.4) is 0 Å². The minimum absolute atomic E-state index is 0.0973. The van der Waals surface area contributed by atoms with Crippen LogP contribution in [0.25, 0.3) is 0 Å².